The predicted octanol–water partition coefficient (Wildman–Crippen LogP) is 1.57. The van der Waals surface area contributed by atoms with Crippen LogP contribution >= 0.6 is 0 Å². The Bertz CT molecular complexity index is 832. The maximum absolute atomic E-state index is 13.3. The molecule has 1 aliphatic rings. The minimum absolute atomic E-state index is 0.0857. The number of aromatic nitrogens is 3. The topological polar surface area (TPSA) is 91.5 Å². The SMILES string of the molecule is CCC[C@@]1(CO)CN(C(=O)c2cc(C)nc3c2c(C)nn3C)CC[C@H]1O. The van der Waals surface area contributed by atoms with E-state index in [1.54, 1.807) is 9.58 Å². The molecule has 7 heteroatoms. The number of rotatable bonds is 4. The maximum Gasteiger partial charge on any atom is 0.254 e. The molecule has 0 spiro atoms. The van der Waals surface area contributed by atoms with Gasteiger partial charge in [-0.2, -0.15) is 5.10 Å². The van der Waals surface area contributed by atoms with Crippen molar-refractivity contribution < 1.29 is 15.0 Å². The number of fused-ring (bicyclic) bond motifs is 1. The van der Waals surface area contributed by atoms with Crippen molar-refractivity contribution in [3.63, 3.8) is 0 Å². The highest BCUT2D eigenvalue weighted by Crippen LogP contribution is 2.36. The molecule has 0 unspecified atom stereocenters. The van der Waals surface area contributed by atoms with Gasteiger partial charge in [-0.15, -0.1) is 0 Å². The van der Waals surface area contributed by atoms with Crippen molar-refractivity contribution in [2.24, 2.45) is 12.5 Å². The molecule has 2 aromatic heterocycles. The number of likely N-dealkylation sites (tertiary alicyclic amines) is 1. The first-order valence-electron chi connectivity index (χ1n) is 9.22. The third-order valence-corrected chi connectivity index (χ3v) is 5.56. The van der Waals surface area contributed by atoms with Crippen LogP contribution in [0.1, 0.15) is 47.9 Å². The Morgan fingerprint density at radius 3 is 2.81 bits per heavy atom. The van der Waals surface area contributed by atoms with Crippen molar-refractivity contribution in [2.75, 3.05) is 19.7 Å². The highest BCUT2D eigenvalue weighted by molar-refractivity contribution is 6.06. The van der Waals surface area contributed by atoms with Gasteiger partial charge in [0.2, 0.25) is 0 Å². The standard InChI is InChI=1S/C19H28N4O3/c1-5-7-19(11-24)10-23(8-6-15(19)25)18(26)14-9-12(2)20-17-16(14)13(3)21-22(17)4/h9,15,24-25H,5-8,10-11H2,1-4H3/t15-,19+/m1/s1. The molecule has 3 heterocycles. The van der Waals surface area contributed by atoms with Crippen molar-refractivity contribution in [3.05, 3.63) is 23.0 Å². The number of pyridine rings is 1. The zero-order chi connectivity index (χ0) is 19.1. The van der Waals surface area contributed by atoms with Gasteiger partial charge in [0.15, 0.2) is 5.65 Å². The molecule has 2 aromatic rings. The molecule has 0 radical (unpaired) electrons. The summed E-state index contributed by atoms with van der Waals surface area (Å²) in [6, 6.07) is 1.81. The van der Waals surface area contributed by atoms with E-state index in [0.29, 0.717) is 37.1 Å². The van der Waals surface area contributed by atoms with E-state index in [1.807, 2.05) is 33.9 Å². The number of aliphatic hydroxyl groups is 2. The molecule has 0 bridgehead atoms. The summed E-state index contributed by atoms with van der Waals surface area (Å²) in [5.41, 5.74) is 2.19. The Kier molecular flexibility index (Phi) is 5.03. The lowest BCUT2D eigenvalue weighted by Crippen LogP contribution is -2.55. The zero-order valence-electron chi connectivity index (χ0n) is 16.0. The minimum Gasteiger partial charge on any atom is -0.396 e. The lowest BCUT2D eigenvalue weighted by atomic mass is 9.74. The van der Waals surface area contributed by atoms with E-state index in [2.05, 4.69) is 10.1 Å². The molecule has 1 amide bonds. The molecular weight excluding hydrogens is 332 g/mol. The second kappa shape index (κ2) is 6.96. The Labute approximate surface area is 153 Å². The van der Waals surface area contributed by atoms with Crippen LogP contribution in [0.3, 0.4) is 0 Å². The van der Waals surface area contributed by atoms with E-state index < -0.39 is 11.5 Å². The van der Waals surface area contributed by atoms with Crippen LogP contribution in [0.2, 0.25) is 0 Å². The molecule has 0 saturated carbocycles. The summed E-state index contributed by atoms with van der Waals surface area (Å²) in [6.45, 7) is 6.49. The second-order valence-electron chi connectivity index (χ2n) is 7.52. The van der Waals surface area contributed by atoms with Gasteiger partial charge in [-0.25, -0.2) is 4.98 Å². The molecule has 2 N–H and O–H groups in total. The van der Waals surface area contributed by atoms with Crippen LogP contribution in [0.25, 0.3) is 11.0 Å². The van der Waals surface area contributed by atoms with E-state index in [-0.39, 0.29) is 12.5 Å². The van der Waals surface area contributed by atoms with Gasteiger partial charge in [0.1, 0.15) is 0 Å². The number of carbonyl (C=O) groups excluding carboxylic acids is 1. The van der Waals surface area contributed by atoms with Crippen LogP contribution in [0, 0.1) is 19.3 Å². The third kappa shape index (κ3) is 2.99. The summed E-state index contributed by atoms with van der Waals surface area (Å²) in [4.78, 5) is 19.6. The van der Waals surface area contributed by atoms with Crippen molar-refractivity contribution in [3.8, 4) is 0 Å². The van der Waals surface area contributed by atoms with Crippen LogP contribution < -0.4 is 0 Å². The van der Waals surface area contributed by atoms with Gasteiger partial charge < -0.3 is 15.1 Å². The van der Waals surface area contributed by atoms with Crippen molar-refractivity contribution in [1.29, 1.82) is 0 Å². The van der Waals surface area contributed by atoms with Crippen LogP contribution in [0.15, 0.2) is 6.07 Å². The summed E-state index contributed by atoms with van der Waals surface area (Å²) in [6.07, 6.45) is 1.42. The number of hydrogen-bond donors (Lipinski definition) is 2. The summed E-state index contributed by atoms with van der Waals surface area (Å²) in [5, 5.41) is 25.6. The number of carbonyl (C=O) groups is 1. The van der Waals surface area contributed by atoms with Crippen LogP contribution in [0.4, 0.5) is 0 Å². The van der Waals surface area contributed by atoms with E-state index in [4.69, 9.17) is 0 Å². The minimum atomic E-state index is -0.645. The fourth-order valence-corrected chi connectivity index (χ4v) is 4.21. The van der Waals surface area contributed by atoms with Gasteiger partial charge in [0.05, 0.1) is 29.4 Å². The van der Waals surface area contributed by atoms with E-state index in [9.17, 15) is 15.0 Å². The highest BCUT2D eigenvalue weighted by atomic mass is 16.3. The largest absolute Gasteiger partial charge is 0.396 e. The van der Waals surface area contributed by atoms with E-state index >= 15 is 0 Å². The number of aliphatic hydroxyl groups excluding tert-OH is 2. The summed E-state index contributed by atoms with van der Waals surface area (Å²) < 4.78 is 1.70. The Hall–Kier alpha value is -1.99. The van der Waals surface area contributed by atoms with Crippen molar-refractivity contribution in [1.82, 2.24) is 19.7 Å². The van der Waals surface area contributed by atoms with Crippen LogP contribution in [0.5, 0.6) is 0 Å². The summed E-state index contributed by atoms with van der Waals surface area (Å²) in [7, 11) is 1.82. The third-order valence-electron chi connectivity index (χ3n) is 5.56. The van der Waals surface area contributed by atoms with E-state index in [0.717, 1.165) is 23.2 Å². The Morgan fingerprint density at radius 1 is 1.42 bits per heavy atom. The quantitative estimate of drug-likeness (QED) is 0.864. The second-order valence-corrected chi connectivity index (χ2v) is 7.52. The molecule has 0 aliphatic carbocycles. The predicted molar refractivity (Wildman–Crippen MR) is 98.9 cm³/mol. The number of nitrogens with zero attached hydrogens (tertiary/aromatic N) is 4. The molecule has 2 atom stereocenters. The zero-order valence-corrected chi connectivity index (χ0v) is 16.0. The Balaban J connectivity index is 2.01. The lowest BCUT2D eigenvalue weighted by Gasteiger charge is -2.45. The maximum atomic E-state index is 13.3. The number of amides is 1. The molecule has 3 rings (SSSR count). The molecule has 142 valence electrons. The first kappa shape index (κ1) is 18.8. The van der Waals surface area contributed by atoms with E-state index in [1.165, 1.54) is 0 Å². The fourth-order valence-electron chi connectivity index (χ4n) is 4.21. The molecular formula is C19H28N4O3. The summed E-state index contributed by atoms with van der Waals surface area (Å²) >= 11 is 0. The molecule has 0 aromatic carbocycles. The number of hydrogen-bond acceptors (Lipinski definition) is 5. The fraction of sp³-hybridized carbons (Fsp3) is 0.632. The number of aryl methyl sites for hydroxylation is 3. The normalized spacial score (nSPS) is 23.6. The monoisotopic (exact) mass is 360 g/mol. The van der Waals surface area contributed by atoms with Gasteiger partial charge in [-0.05, 0) is 32.8 Å². The highest BCUT2D eigenvalue weighted by Gasteiger charge is 2.43. The molecule has 26 heavy (non-hydrogen) atoms. The first-order chi connectivity index (χ1) is 12.3. The summed E-state index contributed by atoms with van der Waals surface area (Å²) in [5.74, 6) is -0.0857. The number of piperidine rings is 1. The molecule has 1 saturated heterocycles. The average Bonchev–Trinajstić information content (AvgIpc) is 2.89. The molecule has 1 aliphatic heterocycles. The van der Waals surface area contributed by atoms with Crippen LogP contribution in [-0.4, -0.2) is 61.6 Å². The smallest absolute Gasteiger partial charge is 0.254 e. The Morgan fingerprint density at radius 2 is 2.15 bits per heavy atom. The molecule has 7 nitrogen and oxygen atoms in total. The van der Waals surface area contributed by atoms with Crippen molar-refractivity contribution in [2.45, 2.75) is 46.1 Å². The average molecular weight is 360 g/mol. The first-order valence-corrected chi connectivity index (χ1v) is 9.22. The molecule has 1 fully saturated rings. The van der Waals surface area contributed by atoms with Gasteiger partial charge in [-0.3, -0.25) is 9.48 Å². The lowest BCUT2D eigenvalue weighted by molar-refractivity contribution is -0.0719. The van der Waals surface area contributed by atoms with Crippen LogP contribution in [-0.2, 0) is 7.05 Å². The van der Waals surface area contributed by atoms with Gasteiger partial charge in [0.25, 0.3) is 5.91 Å². The van der Waals surface area contributed by atoms with Gasteiger partial charge >= 0.3 is 0 Å². The van der Waals surface area contributed by atoms with Gasteiger partial charge in [0, 0.05) is 31.2 Å². The van der Waals surface area contributed by atoms with Crippen molar-refractivity contribution >= 4 is 16.9 Å². The van der Waals surface area contributed by atoms with Gasteiger partial charge in [-0.1, -0.05) is 13.3 Å².